The van der Waals surface area contributed by atoms with Gasteiger partial charge >= 0.3 is 6.03 Å². The summed E-state index contributed by atoms with van der Waals surface area (Å²) in [5.74, 6) is 0. The molecule has 1 aromatic carbocycles. The standard InChI is InChI=1S/C17H26ClN3O2/c1-17(2,3)15(22)10-19-16(23)20-13-8-9-21(11-13)14-6-4-12(18)5-7-14/h4-7,13,15,22H,8-11H2,1-3H3,(H2,19,20,23). The average Bonchev–Trinajstić information content (AvgIpc) is 2.93. The second-order valence-electron chi connectivity index (χ2n) is 7.14. The van der Waals surface area contributed by atoms with Gasteiger partial charge < -0.3 is 20.6 Å². The molecule has 23 heavy (non-hydrogen) atoms. The lowest BCUT2D eigenvalue weighted by molar-refractivity contribution is 0.0649. The van der Waals surface area contributed by atoms with E-state index in [1.54, 1.807) is 0 Å². The fourth-order valence-electron chi connectivity index (χ4n) is 2.50. The Balaban J connectivity index is 1.77. The lowest BCUT2D eigenvalue weighted by Crippen LogP contribution is -2.47. The molecule has 0 spiro atoms. The summed E-state index contributed by atoms with van der Waals surface area (Å²) in [5.41, 5.74) is 0.869. The van der Waals surface area contributed by atoms with Crippen LogP contribution in [0, 0.1) is 5.41 Å². The molecule has 1 fully saturated rings. The lowest BCUT2D eigenvalue weighted by Gasteiger charge is -2.26. The van der Waals surface area contributed by atoms with Crippen molar-refractivity contribution in [3.63, 3.8) is 0 Å². The highest BCUT2D eigenvalue weighted by atomic mass is 35.5. The molecule has 6 heteroatoms. The van der Waals surface area contributed by atoms with Crippen LogP contribution < -0.4 is 15.5 Å². The molecule has 2 amide bonds. The van der Waals surface area contributed by atoms with E-state index in [2.05, 4.69) is 15.5 Å². The summed E-state index contributed by atoms with van der Waals surface area (Å²) in [7, 11) is 0. The summed E-state index contributed by atoms with van der Waals surface area (Å²) in [5, 5.41) is 16.4. The summed E-state index contributed by atoms with van der Waals surface area (Å²) in [6.45, 7) is 7.76. The van der Waals surface area contributed by atoms with E-state index in [1.807, 2.05) is 45.0 Å². The molecule has 0 radical (unpaired) electrons. The van der Waals surface area contributed by atoms with Crippen LogP contribution in [0.15, 0.2) is 24.3 Å². The van der Waals surface area contributed by atoms with Gasteiger partial charge in [-0.25, -0.2) is 4.79 Å². The van der Waals surface area contributed by atoms with Gasteiger partial charge in [-0.15, -0.1) is 0 Å². The number of amides is 2. The second-order valence-corrected chi connectivity index (χ2v) is 7.58. The molecule has 1 saturated heterocycles. The van der Waals surface area contributed by atoms with Gasteiger partial charge in [0.2, 0.25) is 0 Å². The summed E-state index contributed by atoms with van der Waals surface area (Å²) < 4.78 is 0. The SMILES string of the molecule is CC(C)(C)C(O)CNC(=O)NC1CCN(c2ccc(Cl)cc2)C1. The molecule has 1 aromatic rings. The van der Waals surface area contributed by atoms with E-state index in [0.717, 1.165) is 30.2 Å². The zero-order chi connectivity index (χ0) is 17.0. The quantitative estimate of drug-likeness (QED) is 0.790. The Kier molecular flexibility index (Phi) is 5.76. The van der Waals surface area contributed by atoms with Crippen LogP contribution in [0.4, 0.5) is 10.5 Å². The Labute approximate surface area is 143 Å². The maximum atomic E-state index is 11.9. The first-order valence-corrected chi connectivity index (χ1v) is 8.36. The van der Waals surface area contributed by atoms with Crippen molar-refractivity contribution < 1.29 is 9.90 Å². The molecule has 1 heterocycles. The van der Waals surface area contributed by atoms with E-state index >= 15 is 0 Å². The van der Waals surface area contributed by atoms with Crippen LogP contribution in [0.25, 0.3) is 0 Å². The first kappa shape index (κ1) is 17.9. The monoisotopic (exact) mass is 339 g/mol. The number of nitrogens with zero attached hydrogens (tertiary/aromatic N) is 1. The molecule has 128 valence electrons. The predicted molar refractivity (Wildman–Crippen MR) is 94.1 cm³/mol. The van der Waals surface area contributed by atoms with Crippen molar-refractivity contribution in [3.8, 4) is 0 Å². The summed E-state index contributed by atoms with van der Waals surface area (Å²) >= 11 is 5.90. The number of aliphatic hydroxyl groups excluding tert-OH is 1. The molecular formula is C17H26ClN3O2. The van der Waals surface area contributed by atoms with E-state index in [4.69, 9.17) is 11.6 Å². The number of hydrogen-bond acceptors (Lipinski definition) is 3. The van der Waals surface area contributed by atoms with Crippen LogP contribution >= 0.6 is 11.6 Å². The van der Waals surface area contributed by atoms with Gasteiger partial charge in [0.1, 0.15) is 0 Å². The number of rotatable bonds is 4. The molecule has 0 aliphatic carbocycles. The third-order valence-electron chi connectivity index (χ3n) is 4.17. The van der Waals surface area contributed by atoms with Gasteiger partial charge in [0, 0.05) is 36.4 Å². The highest BCUT2D eigenvalue weighted by Crippen LogP contribution is 2.22. The van der Waals surface area contributed by atoms with Crippen LogP contribution in [0.3, 0.4) is 0 Å². The smallest absolute Gasteiger partial charge is 0.315 e. The molecule has 2 rings (SSSR count). The maximum absolute atomic E-state index is 11.9. The highest BCUT2D eigenvalue weighted by Gasteiger charge is 2.25. The fraction of sp³-hybridized carbons (Fsp3) is 0.588. The molecule has 1 aliphatic rings. The first-order chi connectivity index (χ1) is 10.8. The molecule has 5 nitrogen and oxygen atoms in total. The van der Waals surface area contributed by atoms with Crippen LogP contribution in [0.1, 0.15) is 27.2 Å². The number of hydrogen-bond donors (Lipinski definition) is 3. The summed E-state index contributed by atoms with van der Waals surface area (Å²) in [6.07, 6.45) is 0.333. The third-order valence-corrected chi connectivity index (χ3v) is 4.42. The Bertz CT molecular complexity index is 528. The zero-order valence-electron chi connectivity index (χ0n) is 14.0. The number of anilines is 1. The van der Waals surface area contributed by atoms with Gasteiger partial charge in [-0.1, -0.05) is 32.4 Å². The molecule has 0 aromatic heterocycles. The van der Waals surface area contributed by atoms with Gasteiger partial charge in [0.25, 0.3) is 0 Å². The normalized spacial score (nSPS) is 19.5. The maximum Gasteiger partial charge on any atom is 0.315 e. The Hall–Kier alpha value is -1.46. The largest absolute Gasteiger partial charge is 0.391 e. The number of urea groups is 1. The molecule has 2 unspecified atom stereocenters. The van der Waals surface area contributed by atoms with Gasteiger partial charge in [0.15, 0.2) is 0 Å². The van der Waals surface area contributed by atoms with E-state index in [9.17, 15) is 9.90 Å². The number of benzene rings is 1. The first-order valence-electron chi connectivity index (χ1n) is 7.98. The van der Waals surface area contributed by atoms with E-state index < -0.39 is 6.10 Å². The molecule has 1 aliphatic heterocycles. The number of halogens is 1. The topological polar surface area (TPSA) is 64.6 Å². The van der Waals surface area contributed by atoms with Crippen molar-refractivity contribution >= 4 is 23.3 Å². The molecule has 0 bridgehead atoms. The number of carbonyl (C=O) groups excluding carboxylic acids is 1. The van der Waals surface area contributed by atoms with Crippen molar-refractivity contribution in [2.24, 2.45) is 5.41 Å². The Morgan fingerprint density at radius 3 is 2.65 bits per heavy atom. The minimum Gasteiger partial charge on any atom is -0.391 e. The third kappa shape index (κ3) is 5.29. The minimum absolute atomic E-state index is 0.109. The Morgan fingerprint density at radius 1 is 1.39 bits per heavy atom. The molecule has 2 atom stereocenters. The molecular weight excluding hydrogens is 314 g/mol. The van der Waals surface area contributed by atoms with E-state index in [0.29, 0.717) is 0 Å². The summed E-state index contributed by atoms with van der Waals surface area (Å²) in [4.78, 5) is 14.2. The zero-order valence-corrected chi connectivity index (χ0v) is 14.7. The van der Waals surface area contributed by atoms with Crippen molar-refractivity contribution in [2.45, 2.75) is 39.3 Å². The van der Waals surface area contributed by atoms with Gasteiger partial charge in [-0.05, 0) is 36.1 Å². The molecule has 3 N–H and O–H groups in total. The number of nitrogens with one attached hydrogen (secondary N) is 2. The number of carbonyl (C=O) groups is 1. The van der Waals surface area contributed by atoms with Crippen LogP contribution in [0.5, 0.6) is 0 Å². The predicted octanol–water partition coefficient (Wildman–Crippen LogP) is 2.62. The minimum atomic E-state index is -0.567. The fourth-order valence-corrected chi connectivity index (χ4v) is 2.62. The van der Waals surface area contributed by atoms with Crippen LogP contribution in [-0.2, 0) is 0 Å². The highest BCUT2D eigenvalue weighted by molar-refractivity contribution is 6.30. The van der Waals surface area contributed by atoms with Crippen LogP contribution in [0.2, 0.25) is 5.02 Å². The lowest BCUT2D eigenvalue weighted by atomic mass is 9.89. The number of aliphatic hydroxyl groups is 1. The van der Waals surface area contributed by atoms with E-state index in [-0.39, 0.29) is 24.0 Å². The molecule has 0 saturated carbocycles. The second kappa shape index (κ2) is 7.41. The van der Waals surface area contributed by atoms with E-state index in [1.165, 1.54) is 0 Å². The van der Waals surface area contributed by atoms with Gasteiger partial charge in [-0.2, -0.15) is 0 Å². The summed E-state index contributed by atoms with van der Waals surface area (Å²) in [6, 6.07) is 7.61. The van der Waals surface area contributed by atoms with Crippen molar-refractivity contribution in [3.05, 3.63) is 29.3 Å². The average molecular weight is 340 g/mol. The van der Waals surface area contributed by atoms with Crippen molar-refractivity contribution in [1.82, 2.24) is 10.6 Å². The van der Waals surface area contributed by atoms with Gasteiger partial charge in [0.05, 0.1) is 6.10 Å². The van der Waals surface area contributed by atoms with Crippen molar-refractivity contribution in [1.29, 1.82) is 0 Å². The Morgan fingerprint density at radius 2 is 2.04 bits per heavy atom. The van der Waals surface area contributed by atoms with Crippen molar-refractivity contribution in [2.75, 3.05) is 24.5 Å². The van der Waals surface area contributed by atoms with Gasteiger partial charge in [-0.3, -0.25) is 0 Å². The van der Waals surface area contributed by atoms with Crippen LogP contribution in [-0.4, -0.2) is 42.9 Å².